The molecule has 1 aromatic carbocycles. The molecule has 3 N–H and O–H groups in total. The Morgan fingerprint density at radius 3 is 2.70 bits per heavy atom. The second-order valence-electron chi connectivity index (χ2n) is 6.16. The smallest absolute Gasteiger partial charge is 0.0747 e. The van der Waals surface area contributed by atoms with Crippen molar-refractivity contribution < 1.29 is 5.11 Å². The van der Waals surface area contributed by atoms with Gasteiger partial charge in [-0.3, -0.25) is 0 Å². The van der Waals surface area contributed by atoms with Crippen LogP contribution in [0.4, 0.5) is 0 Å². The summed E-state index contributed by atoms with van der Waals surface area (Å²) in [5.41, 5.74) is 7.78. The largest absolute Gasteiger partial charge is 0.389 e. The molecule has 1 saturated carbocycles. The molecule has 0 heterocycles. The first kappa shape index (κ1) is 16.1. The zero-order valence-corrected chi connectivity index (χ0v) is 13.3. The average Bonchev–Trinajstić information content (AvgIpc) is 2.39. The molecule has 3 rings (SSSR count). The third-order valence-electron chi connectivity index (χ3n) is 5.30. The summed E-state index contributed by atoms with van der Waals surface area (Å²) in [5, 5.41) is 12.0. The minimum absolute atomic E-state index is 0. The molecule has 0 saturated heterocycles. The Balaban J connectivity index is 0.00000147. The van der Waals surface area contributed by atoms with Gasteiger partial charge in [0, 0.05) is 10.4 Å². The fourth-order valence-corrected chi connectivity index (χ4v) is 4.58. The summed E-state index contributed by atoms with van der Waals surface area (Å²) in [5.74, 6) is 0. The third-order valence-corrected chi connectivity index (χ3v) is 5.53. The molecule has 0 aliphatic heterocycles. The van der Waals surface area contributed by atoms with E-state index in [0.717, 1.165) is 43.5 Å². The number of aliphatic hydroxyl groups is 1. The Morgan fingerprint density at radius 2 is 1.95 bits per heavy atom. The Morgan fingerprint density at radius 1 is 1.20 bits per heavy atom. The number of rotatable bonds is 2. The quantitative estimate of drug-likeness (QED) is 0.876. The van der Waals surface area contributed by atoms with Crippen molar-refractivity contribution in [3.63, 3.8) is 0 Å². The van der Waals surface area contributed by atoms with Crippen molar-refractivity contribution in [1.29, 1.82) is 0 Å². The number of fused-ring (bicyclic) bond motifs is 3. The Bertz CT molecular complexity index is 489. The van der Waals surface area contributed by atoms with Crippen LogP contribution in [0.15, 0.2) is 18.2 Å². The standard InChI is InChI=1S/C16H22ClNO.ClH/c17-13-3-4-14-12(11-13)5-8-16(19)7-2-1-6-15(14,16)9-10-18;/h3-4,11,19H,1-2,5-10,18H2;1H/t15-,16+;/m1./s1. The van der Waals surface area contributed by atoms with E-state index in [4.69, 9.17) is 17.3 Å². The maximum atomic E-state index is 11.2. The molecule has 112 valence electrons. The highest BCUT2D eigenvalue weighted by Crippen LogP contribution is 2.54. The topological polar surface area (TPSA) is 46.2 Å². The van der Waals surface area contributed by atoms with Gasteiger partial charge in [-0.15, -0.1) is 12.4 Å². The molecular formula is C16H23Cl2NO. The van der Waals surface area contributed by atoms with Crippen LogP contribution in [-0.4, -0.2) is 17.3 Å². The average molecular weight is 316 g/mol. The number of hydrogen-bond acceptors (Lipinski definition) is 2. The van der Waals surface area contributed by atoms with Crippen LogP contribution in [0.1, 0.15) is 49.7 Å². The molecule has 0 unspecified atom stereocenters. The predicted octanol–water partition coefficient (Wildman–Crippen LogP) is 3.60. The number of halogens is 2. The Labute approximate surface area is 132 Å². The number of benzene rings is 1. The maximum Gasteiger partial charge on any atom is 0.0747 e. The van der Waals surface area contributed by atoms with Crippen LogP contribution in [-0.2, 0) is 11.8 Å². The van der Waals surface area contributed by atoms with Gasteiger partial charge in [0.15, 0.2) is 0 Å². The first-order valence-electron chi connectivity index (χ1n) is 7.33. The van der Waals surface area contributed by atoms with E-state index in [1.54, 1.807) is 0 Å². The van der Waals surface area contributed by atoms with Crippen LogP contribution in [0.3, 0.4) is 0 Å². The molecule has 4 heteroatoms. The molecule has 0 radical (unpaired) electrons. The van der Waals surface area contributed by atoms with Crippen LogP contribution in [0.5, 0.6) is 0 Å². The van der Waals surface area contributed by atoms with Crippen molar-refractivity contribution in [3.05, 3.63) is 34.3 Å². The molecule has 2 aliphatic rings. The highest BCUT2D eigenvalue weighted by Gasteiger charge is 2.54. The van der Waals surface area contributed by atoms with Gasteiger partial charge < -0.3 is 10.8 Å². The van der Waals surface area contributed by atoms with Crippen molar-refractivity contribution in [2.24, 2.45) is 5.73 Å². The van der Waals surface area contributed by atoms with Gasteiger partial charge in [-0.2, -0.15) is 0 Å². The van der Waals surface area contributed by atoms with Crippen LogP contribution in [0, 0.1) is 0 Å². The van der Waals surface area contributed by atoms with E-state index in [1.165, 1.54) is 17.5 Å². The molecule has 2 atom stereocenters. The van der Waals surface area contributed by atoms with Crippen LogP contribution < -0.4 is 5.73 Å². The van der Waals surface area contributed by atoms with Gasteiger partial charge >= 0.3 is 0 Å². The van der Waals surface area contributed by atoms with Crippen LogP contribution in [0.2, 0.25) is 5.02 Å². The lowest BCUT2D eigenvalue weighted by molar-refractivity contribution is -0.0862. The molecule has 20 heavy (non-hydrogen) atoms. The highest BCUT2D eigenvalue weighted by atomic mass is 35.5. The van der Waals surface area contributed by atoms with Gasteiger partial charge in [0.1, 0.15) is 0 Å². The van der Waals surface area contributed by atoms with Gasteiger partial charge in [0.05, 0.1) is 5.60 Å². The first-order valence-corrected chi connectivity index (χ1v) is 7.70. The summed E-state index contributed by atoms with van der Waals surface area (Å²) in [7, 11) is 0. The zero-order valence-electron chi connectivity index (χ0n) is 11.7. The summed E-state index contributed by atoms with van der Waals surface area (Å²) in [4.78, 5) is 0. The summed E-state index contributed by atoms with van der Waals surface area (Å²) in [6.07, 6.45) is 6.93. The second-order valence-corrected chi connectivity index (χ2v) is 6.60. The molecule has 0 aromatic heterocycles. The van der Waals surface area contributed by atoms with Crippen molar-refractivity contribution in [1.82, 2.24) is 0 Å². The Kier molecular flexibility index (Phi) is 4.70. The molecule has 2 nitrogen and oxygen atoms in total. The maximum absolute atomic E-state index is 11.2. The first-order chi connectivity index (χ1) is 9.11. The fraction of sp³-hybridized carbons (Fsp3) is 0.625. The predicted molar refractivity (Wildman–Crippen MR) is 85.8 cm³/mol. The number of nitrogens with two attached hydrogens (primary N) is 1. The molecule has 1 aromatic rings. The lowest BCUT2D eigenvalue weighted by Gasteiger charge is -2.54. The summed E-state index contributed by atoms with van der Waals surface area (Å²) in [6, 6.07) is 6.16. The highest BCUT2D eigenvalue weighted by molar-refractivity contribution is 6.30. The molecular weight excluding hydrogens is 293 g/mol. The number of hydrogen-bond donors (Lipinski definition) is 2. The number of aryl methyl sites for hydroxylation is 1. The van der Waals surface area contributed by atoms with Crippen molar-refractivity contribution >= 4 is 24.0 Å². The van der Waals surface area contributed by atoms with Gasteiger partial charge in [-0.25, -0.2) is 0 Å². The van der Waals surface area contributed by atoms with Gasteiger partial charge in [0.25, 0.3) is 0 Å². The van der Waals surface area contributed by atoms with Crippen LogP contribution in [0.25, 0.3) is 0 Å². The van der Waals surface area contributed by atoms with E-state index in [9.17, 15) is 5.11 Å². The molecule has 0 bridgehead atoms. The van der Waals surface area contributed by atoms with E-state index in [-0.39, 0.29) is 17.8 Å². The van der Waals surface area contributed by atoms with E-state index in [1.807, 2.05) is 6.07 Å². The van der Waals surface area contributed by atoms with Crippen molar-refractivity contribution in [3.8, 4) is 0 Å². The summed E-state index contributed by atoms with van der Waals surface area (Å²) >= 11 is 6.12. The zero-order chi connectivity index (χ0) is 13.5. The lowest BCUT2D eigenvalue weighted by Crippen LogP contribution is -2.57. The van der Waals surface area contributed by atoms with Crippen molar-refractivity contribution in [2.75, 3.05) is 6.54 Å². The van der Waals surface area contributed by atoms with Gasteiger partial charge in [-0.1, -0.05) is 30.5 Å². The third kappa shape index (κ3) is 2.27. The van der Waals surface area contributed by atoms with Gasteiger partial charge in [-0.05, 0) is 61.9 Å². The molecule has 1 fully saturated rings. The molecule has 0 spiro atoms. The minimum atomic E-state index is -0.564. The summed E-state index contributed by atoms with van der Waals surface area (Å²) in [6.45, 7) is 0.629. The SMILES string of the molecule is Cl.NCC[C@@]12CCCC[C@]1(O)CCc1cc(Cl)ccc12. The van der Waals surface area contributed by atoms with E-state index < -0.39 is 5.60 Å². The van der Waals surface area contributed by atoms with Crippen molar-refractivity contribution in [2.45, 2.75) is 56.0 Å². The van der Waals surface area contributed by atoms with Gasteiger partial charge in [0.2, 0.25) is 0 Å². The van der Waals surface area contributed by atoms with E-state index in [2.05, 4.69) is 12.1 Å². The fourth-order valence-electron chi connectivity index (χ4n) is 4.38. The Hall–Kier alpha value is -0.280. The molecule has 0 amide bonds. The lowest BCUT2D eigenvalue weighted by atomic mass is 9.53. The molecule has 2 aliphatic carbocycles. The van der Waals surface area contributed by atoms with E-state index >= 15 is 0 Å². The summed E-state index contributed by atoms with van der Waals surface area (Å²) < 4.78 is 0. The monoisotopic (exact) mass is 315 g/mol. The van der Waals surface area contributed by atoms with Crippen LogP contribution >= 0.6 is 24.0 Å². The minimum Gasteiger partial charge on any atom is -0.389 e. The van der Waals surface area contributed by atoms with E-state index in [0.29, 0.717) is 6.54 Å². The normalized spacial score (nSPS) is 31.9. The second kappa shape index (κ2) is 5.84.